The molecule has 0 aromatic rings. The molecule has 0 aromatic heterocycles. The van der Waals surface area contributed by atoms with Crippen molar-refractivity contribution in [3.8, 4) is 0 Å². The van der Waals surface area contributed by atoms with Gasteiger partial charge in [0.05, 0.1) is 13.2 Å². The van der Waals surface area contributed by atoms with Gasteiger partial charge < -0.3 is 10.4 Å². The SMILES string of the molecule is CON(C)C(=O)C(NC(C)=O)[C@H]1CC[C@H](O)C1. The highest BCUT2D eigenvalue weighted by molar-refractivity contribution is 5.86. The molecule has 2 amide bonds. The van der Waals surface area contributed by atoms with Gasteiger partial charge in [0.2, 0.25) is 5.91 Å². The van der Waals surface area contributed by atoms with E-state index in [1.165, 1.54) is 21.1 Å². The fourth-order valence-electron chi connectivity index (χ4n) is 2.18. The minimum atomic E-state index is -0.616. The number of amides is 2. The van der Waals surface area contributed by atoms with Crippen LogP contribution in [-0.2, 0) is 14.4 Å². The topological polar surface area (TPSA) is 78.9 Å². The predicted octanol–water partition coefficient (Wildman–Crippen LogP) is -0.328. The molecule has 6 heteroatoms. The van der Waals surface area contributed by atoms with Gasteiger partial charge in [-0.1, -0.05) is 0 Å². The van der Waals surface area contributed by atoms with Crippen molar-refractivity contribution >= 4 is 11.8 Å². The Labute approximate surface area is 101 Å². The molecule has 1 saturated carbocycles. The number of hydrogen-bond acceptors (Lipinski definition) is 4. The molecule has 1 rings (SSSR count). The first-order valence-corrected chi connectivity index (χ1v) is 5.72. The van der Waals surface area contributed by atoms with Crippen molar-refractivity contribution in [3.05, 3.63) is 0 Å². The Hall–Kier alpha value is -1.14. The third-order valence-corrected chi connectivity index (χ3v) is 3.13. The fourth-order valence-corrected chi connectivity index (χ4v) is 2.18. The largest absolute Gasteiger partial charge is 0.393 e. The zero-order chi connectivity index (χ0) is 13.0. The summed E-state index contributed by atoms with van der Waals surface area (Å²) in [7, 11) is 2.90. The molecule has 0 bridgehead atoms. The summed E-state index contributed by atoms with van der Waals surface area (Å²) < 4.78 is 0. The normalized spacial score (nSPS) is 25.4. The van der Waals surface area contributed by atoms with E-state index in [2.05, 4.69) is 5.32 Å². The Morgan fingerprint density at radius 3 is 2.53 bits per heavy atom. The molecule has 0 spiro atoms. The summed E-state index contributed by atoms with van der Waals surface area (Å²) >= 11 is 0. The van der Waals surface area contributed by atoms with E-state index in [9.17, 15) is 14.7 Å². The van der Waals surface area contributed by atoms with Crippen LogP contribution in [0.1, 0.15) is 26.2 Å². The number of rotatable bonds is 4. The molecule has 0 aliphatic heterocycles. The molecule has 0 aromatic carbocycles. The van der Waals surface area contributed by atoms with E-state index < -0.39 is 6.04 Å². The molecule has 1 aliphatic carbocycles. The quantitative estimate of drug-likeness (QED) is 0.664. The van der Waals surface area contributed by atoms with E-state index in [4.69, 9.17) is 4.84 Å². The van der Waals surface area contributed by atoms with Crippen LogP contribution in [0.5, 0.6) is 0 Å². The maximum atomic E-state index is 12.0. The lowest BCUT2D eigenvalue weighted by atomic mass is 9.97. The van der Waals surface area contributed by atoms with Gasteiger partial charge in [-0.2, -0.15) is 0 Å². The Morgan fingerprint density at radius 1 is 1.47 bits per heavy atom. The van der Waals surface area contributed by atoms with Crippen LogP contribution in [0.2, 0.25) is 0 Å². The minimum Gasteiger partial charge on any atom is -0.393 e. The molecule has 3 atom stereocenters. The van der Waals surface area contributed by atoms with Crippen LogP contribution in [0.4, 0.5) is 0 Å². The van der Waals surface area contributed by atoms with Crippen molar-refractivity contribution in [1.82, 2.24) is 10.4 Å². The van der Waals surface area contributed by atoms with Gasteiger partial charge in [0.1, 0.15) is 6.04 Å². The number of carbonyl (C=O) groups excluding carboxylic acids is 2. The number of nitrogens with one attached hydrogen (secondary N) is 1. The van der Waals surface area contributed by atoms with E-state index in [1.807, 2.05) is 0 Å². The number of hydrogen-bond donors (Lipinski definition) is 2. The smallest absolute Gasteiger partial charge is 0.268 e. The van der Waals surface area contributed by atoms with Gasteiger partial charge >= 0.3 is 0 Å². The standard InChI is InChI=1S/C11H20N2O4/c1-7(14)12-10(11(16)13(2)17-3)8-4-5-9(15)6-8/h8-10,15H,4-6H2,1-3H3,(H,12,14)/t8-,9-,10?/m0/s1. The van der Waals surface area contributed by atoms with Crippen LogP contribution < -0.4 is 5.32 Å². The highest BCUT2D eigenvalue weighted by Crippen LogP contribution is 2.29. The monoisotopic (exact) mass is 244 g/mol. The lowest BCUT2D eigenvalue weighted by molar-refractivity contribution is -0.173. The predicted molar refractivity (Wildman–Crippen MR) is 60.7 cm³/mol. The molecular weight excluding hydrogens is 224 g/mol. The molecule has 0 heterocycles. The molecule has 17 heavy (non-hydrogen) atoms. The summed E-state index contributed by atoms with van der Waals surface area (Å²) in [5, 5.41) is 13.2. The highest BCUT2D eigenvalue weighted by Gasteiger charge is 2.36. The first kappa shape index (κ1) is 13.9. The Morgan fingerprint density at radius 2 is 2.12 bits per heavy atom. The fraction of sp³-hybridized carbons (Fsp3) is 0.818. The number of nitrogens with zero attached hydrogens (tertiary/aromatic N) is 1. The van der Waals surface area contributed by atoms with E-state index in [0.29, 0.717) is 12.8 Å². The van der Waals surface area contributed by atoms with Crippen molar-refractivity contribution in [3.63, 3.8) is 0 Å². The molecule has 2 N–H and O–H groups in total. The van der Waals surface area contributed by atoms with Crippen LogP contribution in [0.15, 0.2) is 0 Å². The summed E-state index contributed by atoms with van der Waals surface area (Å²) in [6.07, 6.45) is 1.56. The Kier molecular flexibility index (Phi) is 4.89. The van der Waals surface area contributed by atoms with Crippen LogP contribution in [0.25, 0.3) is 0 Å². The van der Waals surface area contributed by atoms with E-state index in [0.717, 1.165) is 11.5 Å². The van der Waals surface area contributed by atoms with Crippen LogP contribution >= 0.6 is 0 Å². The van der Waals surface area contributed by atoms with Gasteiger partial charge in [-0.25, -0.2) is 5.06 Å². The molecule has 6 nitrogen and oxygen atoms in total. The minimum absolute atomic E-state index is 0.0287. The average Bonchev–Trinajstić information content (AvgIpc) is 2.70. The number of likely N-dealkylation sites (N-methyl/N-ethyl adjacent to an activating group) is 1. The lowest BCUT2D eigenvalue weighted by Gasteiger charge is -2.26. The molecule has 1 fully saturated rings. The van der Waals surface area contributed by atoms with Gasteiger partial charge in [0, 0.05) is 14.0 Å². The van der Waals surface area contributed by atoms with Crippen LogP contribution in [0, 0.1) is 5.92 Å². The maximum absolute atomic E-state index is 12.0. The molecule has 1 unspecified atom stereocenters. The summed E-state index contributed by atoms with van der Waals surface area (Å²) in [6.45, 7) is 1.37. The Balaban J connectivity index is 2.72. The van der Waals surface area contributed by atoms with E-state index in [-0.39, 0.29) is 23.8 Å². The summed E-state index contributed by atoms with van der Waals surface area (Å²) in [5.74, 6) is -0.574. The lowest BCUT2D eigenvalue weighted by Crippen LogP contribution is -2.50. The van der Waals surface area contributed by atoms with Crippen molar-refractivity contribution in [2.45, 2.75) is 38.3 Å². The summed E-state index contributed by atoms with van der Waals surface area (Å²) in [5.41, 5.74) is 0. The molecule has 1 aliphatic rings. The van der Waals surface area contributed by atoms with Crippen molar-refractivity contribution < 1.29 is 19.5 Å². The second-order valence-corrected chi connectivity index (χ2v) is 4.42. The van der Waals surface area contributed by atoms with Gasteiger partial charge in [0.25, 0.3) is 5.91 Å². The molecule has 0 saturated heterocycles. The number of aliphatic hydroxyl groups excluding tert-OH is 1. The first-order valence-electron chi connectivity index (χ1n) is 5.72. The second-order valence-electron chi connectivity index (χ2n) is 4.42. The van der Waals surface area contributed by atoms with Crippen LogP contribution in [-0.4, -0.2) is 48.3 Å². The average molecular weight is 244 g/mol. The zero-order valence-corrected chi connectivity index (χ0v) is 10.5. The third kappa shape index (κ3) is 3.67. The van der Waals surface area contributed by atoms with Gasteiger partial charge in [-0.05, 0) is 25.2 Å². The van der Waals surface area contributed by atoms with Crippen LogP contribution in [0.3, 0.4) is 0 Å². The number of hydroxylamine groups is 2. The number of aliphatic hydroxyl groups is 1. The van der Waals surface area contributed by atoms with Crippen molar-refractivity contribution in [2.75, 3.05) is 14.2 Å². The Bertz CT molecular complexity index is 295. The van der Waals surface area contributed by atoms with E-state index >= 15 is 0 Å². The van der Waals surface area contributed by atoms with Crippen molar-refractivity contribution in [2.24, 2.45) is 5.92 Å². The van der Waals surface area contributed by atoms with Gasteiger partial charge in [0.15, 0.2) is 0 Å². The van der Waals surface area contributed by atoms with Crippen molar-refractivity contribution in [1.29, 1.82) is 0 Å². The van der Waals surface area contributed by atoms with Gasteiger partial charge in [-0.3, -0.25) is 14.4 Å². The van der Waals surface area contributed by atoms with Gasteiger partial charge in [-0.15, -0.1) is 0 Å². The zero-order valence-electron chi connectivity index (χ0n) is 10.5. The maximum Gasteiger partial charge on any atom is 0.268 e. The third-order valence-electron chi connectivity index (χ3n) is 3.13. The van der Waals surface area contributed by atoms with E-state index in [1.54, 1.807) is 0 Å². The highest BCUT2D eigenvalue weighted by atomic mass is 16.7. The summed E-state index contributed by atoms with van der Waals surface area (Å²) in [6, 6.07) is -0.616. The molecule has 0 radical (unpaired) electrons. The first-order chi connectivity index (χ1) is 7.95. The molecule has 98 valence electrons. The second kappa shape index (κ2) is 5.97. The summed E-state index contributed by atoms with van der Waals surface area (Å²) in [4.78, 5) is 28.0. The molecular formula is C11H20N2O4. The number of carbonyl (C=O) groups is 2.